The van der Waals surface area contributed by atoms with Crippen molar-refractivity contribution in [2.24, 2.45) is 5.92 Å². The molecule has 0 bridgehead atoms. The van der Waals surface area contributed by atoms with E-state index in [1.807, 2.05) is 56.3 Å². The Morgan fingerprint density at radius 1 is 1.15 bits per heavy atom. The average molecular weight is 352 g/mol. The summed E-state index contributed by atoms with van der Waals surface area (Å²) in [7, 11) is 0. The maximum atomic E-state index is 12.5. The van der Waals surface area contributed by atoms with Gasteiger partial charge in [0, 0.05) is 24.7 Å². The van der Waals surface area contributed by atoms with Gasteiger partial charge < -0.3 is 15.0 Å². The van der Waals surface area contributed by atoms with Crippen LogP contribution >= 0.6 is 0 Å². The zero-order chi connectivity index (χ0) is 18.5. The number of carbonyl (C=O) groups is 2. The average Bonchev–Trinajstić information content (AvgIpc) is 3.05. The number of nitrogens with zero attached hydrogens (tertiary/aromatic N) is 1. The Bertz CT molecular complexity index is 759. The van der Waals surface area contributed by atoms with Crippen molar-refractivity contribution in [3.63, 3.8) is 0 Å². The number of amides is 2. The van der Waals surface area contributed by atoms with Gasteiger partial charge in [-0.15, -0.1) is 0 Å². The van der Waals surface area contributed by atoms with Crippen molar-refractivity contribution >= 4 is 17.5 Å². The van der Waals surface area contributed by atoms with Gasteiger partial charge in [-0.2, -0.15) is 0 Å². The monoisotopic (exact) mass is 352 g/mol. The summed E-state index contributed by atoms with van der Waals surface area (Å²) < 4.78 is 5.74. The van der Waals surface area contributed by atoms with Crippen molar-refractivity contribution < 1.29 is 14.3 Å². The SMILES string of the molecule is CCC(C)N1CC(C(=O)Nc2ccc(Oc3ccccc3)cc2)CC1=O. The number of para-hydroxylation sites is 1. The largest absolute Gasteiger partial charge is 0.457 e. The Balaban J connectivity index is 1.57. The maximum Gasteiger partial charge on any atom is 0.229 e. The van der Waals surface area contributed by atoms with E-state index >= 15 is 0 Å². The zero-order valence-corrected chi connectivity index (χ0v) is 15.1. The van der Waals surface area contributed by atoms with E-state index in [2.05, 4.69) is 5.32 Å². The topological polar surface area (TPSA) is 58.6 Å². The molecular weight excluding hydrogens is 328 g/mol. The molecule has 5 heteroatoms. The molecule has 3 rings (SSSR count). The molecule has 1 aliphatic rings. The van der Waals surface area contributed by atoms with Gasteiger partial charge in [-0.1, -0.05) is 25.1 Å². The molecule has 1 aliphatic heterocycles. The third-order valence-electron chi connectivity index (χ3n) is 4.75. The Morgan fingerprint density at radius 3 is 2.46 bits per heavy atom. The standard InChI is InChI=1S/C21H24N2O3/c1-3-15(2)23-14-16(13-20(23)24)21(25)22-17-9-11-19(12-10-17)26-18-7-5-4-6-8-18/h4-12,15-16H,3,13-14H2,1-2H3,(H,22,25). The lowest BCUT2D eigenvalue weighted by Crippen LogP contribution is -2.35. The molecule has 0 aromatic heterocycles. The van der Waals surface area contributed by atoms with Crippen LogP contribution in [0.3, 0.4) is 0 Å². The molecule has 2 amide bonds. The molecule has 2 aromatic carbocycles. The highest BCUT2D eigenvalue weighted by Gasteiger charge is 2.36. The van der Waals surface area contributed by atoms with Crippen LogP contribution < -0.4 is 10.1 Å². The van der Waals surface area contributed by atoms with E-state index < -0.39 is 0 Å². The first-order chi connectivity index (χ1) is 12.6. The first kappa shape index (κ1) is 18.0. The summed E-state index contributed by atoms with van der Waals surface area (Å²) in [5.41, 5.74) is 0.699. The Hall–Kier alpha value is -2.82. The molecule has 26 heavy (non-hydrogen) atoms. The van der Waals surface area contributed by atoms with Crippen LogP contribution in [0, 0.1) is 5.92 Å². The first-order valence-electron chi connectivity index (χ1n) is 9.00. The van der Waals surface area contributed by atoms with Gasteiger partial charge in [0.2, 0.25) is 11.8 Å². The molecule has 136 valence electrons. The lowest BCUT2D eigenvalue weighted by Gasteiger charge is -2.23. The van der Waals surface area contributed by atoms with Gasteiger partial charge in [-0.25, -0.2) is 0 Å². The maximum absolute atomic E-state index is 12.5. The lowest BCUT2D eigenvalue weighted by atomic mass is 10.1. The minimum atomic E-state index is -0.295. The van der Waals surface area contributed by atoms with E-state index in [-0.39, 0.29) is 30.2 Å². The van der Waals surface area contributed by atoms with Crippen LogP contribution in [0.15, 0.2) is 54.6 Å². The number of ether oxygens (including phenoxy) is 1. The van der Waals surface area contributed by atoms with Crippen molar-refractivity contribution in [3.05, 3.63) is 54.6 Å². The van der Waals surface area contributed by atoms with Gasteiger partial charge in [0.1, 0.15) is 11.5 Å². The number of hydrogen-bond acceptors (Lipinski definition) is 3. The predicted molar refractivity (Wildman–Crippen MR) is 101 cm³/mol. The quantitative estimate of drug-likeness (QED) is 0.853. The van der Waals surface area contributed by atoms with Crippen LogP contribution in [-0.2, 0) is 9.59 Å². The molecule has 1 fully saturated rings. The summed E-state index contributed by atoms with van der Waals surface area (Å²) in [5.74, 6) is 1.12. The normalized spacial score (nSPS) is 17.8. The first-order valence-corrected chi connectivity index (χ1v) is 9.00. The molecule has 5 nitrogen and oxygen atoms in total. The third kappa shape index (κ3) is 4.23. The molecule has 2 aromatic rings. The zero-order valence-electron chi connectivity index (χ0n) is 15.1. The van der Waals surface area contributed by atoms with Crippen LogP contribution in [0.25, 0.3) is 0 Å². The van der Waals surface area contributed by atoms with Gasteiger partial charge in [0.15, 0.2) is 0 Å². The summed E-state index contributed by atoms with van der Waals surface area (Å²) >= 11 is 0. The van der Waals surface area contributed by atoms with Gasteiger partial charge in [-0.3, -0.25) is 9.59 Å². The van der Waals surface area contributed by atoms with Gasteiger partial charge in [-0.05, 0) is 49.7 Å². The van der Waals surface area contributed by atoms with E-state index in [0.717, 1.165) is 12.2 Å². The highest BCUT2D eigenvalue weighted by Crippen LogP contribution is 2.25. The van der Waals surface area contributed by atoms with E-state index in [0.29, 0.717) is 18.0 Å². The van der Waals surface area contributed by atoms with E-state index in [1.165, 1.54) is 0 Å². The number of carbonyl (C=O) groups excluding carboxylic acids is 2. The van der Waals surface area contributed by atoms with Crippen molar-refractivity contribution in [2.75, 3.05) is 11.9 Å². The molecule has 1 saturated heterocycles. The van der Waals surface area contributed by atoms with Gasteiger partial charge in [0.25, 0.3) is 0 Å². The molecule has 1 N–H and O–H groups in total. The Labute approximate surface area is 154 Å². The summed E-state index contributed by atoms with van der Waals surface area (Å²) in [6.45, 7) is 4.56. The molecule has 1 heterocycles. The van der Waals surface area contributed by atoms with Crippen LogP contribution in [-0.4, -0.2) is 29.3 Å². The van der Waals surface area contributed by atoms with E-state index in [4.69, 9.17) is 4.74 Å². The van der Waals surface area contributed by atoms with E-state index in [9.17, 15) is 9.59 Å². The highest BCUT2D eigenvalue weighted by molar-refractivity contribution is 5.97. The van der Waals surface area contributed by atoms with Gasteiger partial charge >= 0.3 is 0 Å². The summed E-state index contributed by atoms with van der Waals surface area (Å²) in [5, 5.41) is 2.90. The Kier molecular flexibility index (Phi) is 5.56. The second-order valence-electron chi connectivity index (χ2n) is 6.63. The summed E-state index contributed by atoms with van der Waals surface area (Å²) in [4.78, 5) is 26.4. The minimum Gasteiger partial charge on any atom is -0.457 e. The van der Waals surface area contributed by atoms with Crippen molar-refractivity contribution in [2.45, 2.75) is 32.7 Å². The lowest BCUT2D eigenvalue weighted by molar-refractivity contribution is -0.129. The number of benzene rings is 2. The Morgan fingerprint density at radius 2 is 1.81 bits per heavy atom. The third-order valence-corrected chi connectivity index (χ3v) is 4.75. The molecule has 0 radical (unpaired) electrons. The van der Waals surface area contributed by atoms with Crippen LogP contribution in [0.4, 0.5) is 5.69 Å². The number of hydrogen-bond donors (Lipinski definition) is 1. The van der Waals surface area contributed by atoms with Crippen molar-refractivity contribution in [3.8, 4) is 11.5 Å². The van der Waals surface area contributed by atoms with E-state index in [1.54, 1.807) is 17.0 Å². The fourth-order valence-corrected chi connectivity index (χ4v) is 3.03. The smallest absolute Gasteiger partial charge is 0.229 e. The van der Waals surface area contributed by atoms with Gasteiger partial charge in [0.05, 0.1) is 5.92 Å². The van der Waals surface area contributed by atoms with Crippen LogP contribution in [0.5, 0.6) is 11.5 Å². The van der Waals surface area contributed by atoms with Crippen molar-refractivity contribution in [1.29, 1.82) is 0 Å². The number of anilines is 1. The molecule has 0 saturated carbocycles. The summed E-state index contributed by atoms with van der Waals surface area (Å²) in [6.07, 6.45) is 1.17. The second kappa shape index (κ2) is 8.04. The van der Waals surface area contributed by atoms with Crippen LogP contribution in [0.2, 0.25) is 0 Å². The minimum absolute atomic E-state index is 0.0612. The predicted octanol–water partition coefficient (Wildman–Crippen LogP) is 4.06. The summed E-state index contributed by atoms with van der Waals surface area (Å²) in [6, 6.07) is 16.9. The van der Waals surface area contributed by atoms with Crippen LogP contribution in [0.1, 0.15) is 26.7 Å². The number of rotatable bonds is 6. The fraction of sp³-hybridized carbons (Fsp3) is 0.333. The van der Waals surface area contributed by atoms with Crippen molar-refractivity contribution in [1.82, 2.24) is 4.90 Å². The highest BCUT2D eigenvalue weighted by atomic mass is 16.5. The number of nitrogens with one attached hydrogen (secondary N) is 1. The number of likely N-dealkylation sites (tertiary alicyclic amines) is 1. The molecule has 2 unspecified atom stereocenters. The second-order valence-corrected chi connectivity index (χ2v) is 6.63. The molecule has 2 atom stereocenters. The fourth-order valence-electron chi connectivity index (χ4n) is 3.03. The molecule has 0 aliphatic carbocycles. The molecular formula is C21H24N2O3. The molecule has 0 spiro atoms.